The van der Waals surface area contributed by atoms with Crippen molar-refractivity contribution >= 4 is 11.8 Å². The van der Waals surface area contributed by atoms with Gasteiger partial charge in [0.2, 0.25) is 0 Å². The van der Waals surface area contributed by atoms with Gasteiger partial charge in [-0.2, -0.15) is 5.26 Å². The predicted octanol–water partition coefficient (Wildman–Crippen LogP) is 1.82. The molecule has 6 nitrogen and oxygen atoms in total. The molecule has 0 saturated carbocycles. The Labute approximate surface area is 114 Å². The Morgan fingerprint density at radius 2 is 2.21 bits per heavy atom. The summed E-state index contributed by atoms with van der Waals surface area (Å²) in [5.74, 6) is 1.04. The van der Waals surface area contributed by atoms with Gasteiger partial charge >= 0.3 is 0 Å². The minimum atomic E-state index is 0.369. The van der Waals surface area contributed by atoms with E-state index in [1.807, 2.05) is 6.07 Å². The van der Waals surface area contributed by atoms with Crippen molar-refractivity contribution in [3.05, 3.63) is 23.8 Å². The molecule has 7 heteroatoms. The first kappa shape index (κ1) is 12.1. The van der Waals surface area contributed by atoms with Crippen molar-refractivity contribution in [1.29, 1.82) is 5.26 Å². The second-order valence-electron chi connectivity index (χ2n) is 4.30. The molecule has 0 bridgehead atoms. The maximum atomic E-state index is 8.83. The van der Waals surface area contributed by atoms with Gasteiger partial charge in [-0.15, -0.1) is 10.2 Å². The fourth-order valence-electron chi connectivity index (χ4n) is 2.07. The molecule has 0 atom stereocenters. The summed E-state index contributed by atoms with van der Waals surface area (Å²) in [6, 6.07) is 3.60. The molecule has 96 valence electrons. The van der Waals surface area contributed by atoms with Crippen LogP contribution in [-0.4, -0.2) is 24.7 Å². The Balaban J connectivity index is 1.87. The van der Waals surface area contributed by atoms with Gasteiger partial charge < -0.3 is 4.57 Å². The van der Waals surface area contributed by atoms with E-state index in [-0.39, 0.29) is 0 Å². The van der Waals surface area contributed by atoms with Crippen molar-refractivity contribution < 1.29 is 0 Å². The molecule has 3 rings (SSSR count). The zero-order valence-electron chi connectivity index (χ0n) is 10.3. The smallest absolute Gasteiger partial charge is 0.199 e. The third kappa shape index (κ3) is 2.58. The highest BCUT2D eigenvalue weighted by Crippen LogP contribution is 2.25. The first-order valence-corrected chi connectivity index (χ1v) is 7.01. The van der Waals surface area contributed by atoms with Crippen molar-refractivity contribution in [2.75, 3.05) is 0 Å². The van der Waals surface area contributed by atoms with Crippen molar-refractivity contribution in [2.45, 2.75) is 42.5 Å². The molecule has 19 heavy (non-hydrogen) atoms. The quantitative estimate of drug-likeness (QED) is 0.776. The Morgan fingerprint density at radius 1 is 1.26 bits per heavy atom. The van der Waals surface area contributed by atoms with Crippen LogP contribution in [0.4, 0.5) is 0 Å². The fraction of sp³-hybridized carbons (Fsp3) is 0.417. The van der Waals surface area contributed by atoms with Gasteiger partial charge in [-0.3, -0.25) is 0 Å². The largest absolute Gasteiger partial charge is 0.306 e. The molecule has 0 unspecified atom stereocenters. The van der Waals surface area contributed by atoms with Gasteiger partial charge in [0.05, 0.1) is 0 Å². The van der Waals surface area contributed by atoms with Crippen LogP contribution in [0.1, 0.15) is 30.8 Å². The molecule has 0 N–H and O–H groups in total. The molecule has 0 fully saturated rings. The van der Waals surface area contributed by atoms with Crippen LogP contribution in [0.15, 0.2) is 22.6 Å². The number of hydrogen-bond donors (Lipinski definition) is 0. The molecular formula is C12H12N6S. The first-order chi connectivity index (χ1) is 9.36. The molecular weight excluding hydrogens is 260 g/mol. The first-order valence-electron chi connectivity index (χ1n) is 6.20. The number of aryl methyl sites for hydroxylation is 1. The molecule has 3 heterocycles. The highest BCUT2D eigenvalue weighted by molar-refractivity contribution is 7.99. The average Bonchev–Trinajstić information content (AvgIpc) is 2.68. The van der Waals surface area contributed by atoms with Crippen molar-refractivity contribution in [3.63, 3.8) is 0 Å². The number of hydrogen-bond acceptors (Lipinski definition) is 6. The molecule has 0 radical (unpaired) electrons. The molecule has 0 spiro atoms. The van der Waals surface area contributed by atoms with Gasteiger partial charge in [-0.25, -0.2) is 9.97 Å². The van der Waals surface area contributed by atoms with E-state index in [1.54, 1.807) is 12.3 Å². The van der Waals surface area contributed by atoms with Gasteiger partial charge in [0.15, 0.2) is 10.3 Å². The summed E-state index contributed by atoms with van der Waals surface area (Å²) >= 11 is 1.36. The minimum absolute atomic E-state index is 0.369. The van der Waals surface area contributed by atoms with Crippen LogP contribution in [0.2, 0.25) is 0 Å². The van der Waals surface area contributed by atoms with Crippen LogP contribution >= 0.6 is 11.8 Å². The lowest BCUT2D eigenvalue weighted by Crippen LogP contribution is -2.02. The fourth-order valence-corrected chi connectivity index (χ4v) is 2.88. The number of fused-ring (bicyclic) bond motifs is 1. The van der Waals surface area contributed by atoms with Crippen LogP contribution in [0.3, 0.4) is 0 Å². The Hall–Kier alpha value is -1.94. The number of nitriles is 1. The summed E-state index contributed by atoms with van der Waals surface area (Å²) in [4.78, 5) is 8.30. The zero-order valence-corrected chi connectivity index (χ0v) is 11.1. The highest BCUT2D eigenvalue weighted by atomic mass is 32.2. The Morgan fingerprint density at radius 3 is 3.11 bits per heavy atom. The number of rotatable bonds is 2. The maximum Gasteiger partial charge on any atom is 0.199 e. The molecule has 1 aliphatic rings. The van der Waals surface area contributed by atoms with E-state index in [9.17, 15) is 0 Å². The van der Waals surface area contributed by atoms with Crippen LogP contribution in [-0.2, 0) is 13.0 Å². The molecule has 0 saturated heterocycles. The average molecular weight is 272 g/mol. The molecule has 1 aliphatic heterocycles. The summed E-state index contributed by atoms with van der Waals surface area (Å²) in [7, 11) is 0. The lowest BCUT2D eigenvalue weighted by Gasteiger charge is -2.05. The van der Waals surface area contributed by atoms with Crippen molar-refractivity contribution in [3.8, 4) is 6.07 Å². The van der Waals surface area contributed by atoms with E-state index in [4.69, 9.17) is 5.26 Å². The standard InChI is InChI=1S/C12H12N6S/c13-8-9-5-6-14-11(15-9)19-12-17-16-10-4-2-1-3-7-18(10)12/h5-6H,1-4,7H2. The number of nitrogens with zero attached hydrogens (tertiary/aromatic N) is 6. The molecule has 2 aromatic rings. The van der Waals surface area contributed by atoms with Gasteiger partial charge in [-0.1, -0.05) is 6.42 Å². The van der Waals surface area contributed by atoms with Gasteiger partial charge in [0.25, 0.3) is 0 Å². The third-order valence-electron chi connectivity index (χ3n) is 3.01. The van der Waals surface area contributed by atoms with Gasteiger partial charge in [-0.05, 0) is 30.7 Å². The lowest BCUT2D eigenvalue weighted by molar-refractivity contribution is 0.590. The third-order valence-corrected chi connectivity index (χ3v) is 3.87. The predicted molar refractivity (Wildman–Crippen MR) is 68.4 cm³/mol. The molecule has 0 aromatic carbocycles. The van der Waals surface area contributed by atoms with E-state index in [0.29, 0.717) is 10.9 Å². The molecule has 0 aliphatic carbocycles. The van der Waals surface area contributed by atoms with Crippen LogP contribution in [0.25, 0.3) is 0 Å². The highest BCUT2D eigenvalue weighted by Gasteiger charge is 2.16. The topological polar surface area (TPSA) is 80.3 Å². The molecule has 2 aromatic heterocycles. The lowest BCUT2D eigenvalue weighted by atomic mass is 10.2. The van der Waals surface area contributed by atoms with E-state index >= 15 is 0 Å². The Kier molecular flexibility index (Phi) is 3.42. The van der Waals surface area contributed by atoms with Crippen molar-refractivity contribution in [2.24, 2.45) is 0 Å². The normalized spacial score (nSPS) is 14.5. The van der Waals surface area contributed by atoms with E-state index in [0.717, 1.165) is 30.4 Å². The van der Waals surface area contributed by atoms with Gasteiger partial charge in [0.1, 0.15) is 17.6 Å². The SMILES string of the molecule is N#Cc1ccnc(Sc2nnc3n2CCCCC3)n1. The summed E-state index contributed by atoms with van der Waals surface area (Å²) in [6.45, 7) is 0.947. The zero-order chi connectivity index (χ0) is 13.1. The summed E-state index contributed by atoms with van der Waals surface area (Å²) in [5, 5.41) is 18.6. The monoisotopic (exact) mass is 272 g/mol. The van der Waals surface area contributed by atoms with Crippen LogP contribution in [0.5, 0.6) is 0 Å². The second kappa shape index (κ2) is 5.36. The summed E-state index contributed by atoms with van der Waals surface area (Å²) in [6.07, 6.45) is 6.12. The second-order valence-corrected chi connectivity index (χ2v) is 5.23. The van der Waals surface area contributed by atoms with Crippen LogP contribution < -0.4 is 0 Å². The van der Waals surface area contributed by atoms with E-state index < -0.39 is 0 Å². The maximum absolute atomic E-state index is 8.83. The summed E-state index contributed by atoms with van der Waals surface area (Å²) < 4.78 is 2.14. The van der Waals surface area contributed by atoms with Crippen molar-refractivity contribution in [1.82, 2.24) is 24.7 Å². The Bertz CT molecular complexity index is 629. The molecule has 0 amide bonds. The van der Waals surface area contributed by atoms with E-state index in [2.05, 4.69) is 24.7 Å². The number of aromatic nitrogens is 5. The minimum Gasteiger partial charge on any atom is -0.306 e. The van der Waals surface area contributed by atoms with Crippen LogP contribution in [0, 0.1) is 11.3 Å². The summed E-state index contributed by atoms with van der Waals surface area (Å²) in [5.41, 5.74) is 0.369. The van der Waals surface area contributed by atoms with E-state index in [1.165, 1.54) is 24.6 Å². The van der Waals surface area contributed by atoms with Gasteiger partial charge in [0, 0.05) is 19.2 Å².